The van der Waals surface area contributed by atoms with Gasteiger partial charge in [0.05, 0.1) is 12.3 Å². The van der Waals surface area contributed by atoms with Gasteiger partial charge < -0.3 is 10.4 Å². The average molecular weight is 289 g/mol. The van der Waals surface area contributed by atoms with E-state index in [2.05, 4.69) is 15.3 Å². The van der Waals surface area contributed by atoms with Crippen molar-refractivity contribution in [3.63, 3.8) is 0 Å². The second-order valence-electron chi connectivity index (χ2n) is 5.06. The quantitative estimate of drug-likeness (QED) is 0.888. The smallest absolute Gasteiger partial charge is 0.186 e. The normalized spacial score (nSPS) is 10.7. The van der Waals surface area contributed by atoms with E-state index < -0.39 is 0 Å². The third-order valence-electron chi connectivity index (χ3n) is 3.57. The summed E-state index contributed by atoms with van der Waals surface area (Å²) in [7, 11) is 0. The molecule has 21 heavy (non-hydrogen) atoms. The fraction of sp³-hybridized carbons (Fsp3) is 0.375. The van der Waals surface area contributed by atoms with Crippen LogP contribution in [0.25, 0.3) is 0 Å². The van der Waals surface area contributed by atoms with Crippen LogP contribution in [-0.2, 0) is 19.6 Å². The van der Waals surface area contributed by atoms with E-state index in [0.29, 0.717) is 18.7 Å². The molecule has 0 atom stereocenters. The second kappa shape index (κ2) is 6.63. The maximum atomic E-state index is 14.1. The molecule has 2 rings (SSSR count). The van der Waals surface area contributed by atoms with E-state index in [-0.39, 0.29) is 18.2 Å². The molecule has 1 aromatic carbocycles. The minimum absolute atomic E-state index is 0.0236. The Morgan fingerprint density at radius 1 is 1.19 bits per heavy atom. The van der Waals surface area contributed by atoms with Gasteiger partial charge in [0.15, 0.2) is 11.6 Å². The summed E-state index contributed by atoms with van der Waals surface area (Å²) in [5, 5.41) is 12.2. The Labute approximate surface area is 124 Å². The number of rotatable bonds is 5. The summed E-state index contributed by atoms with van der Waals surface area (Å²) in [6, 6.07) is 3.88. The van der Waals surface area contributed by atoms with Crippen molar-refractivity contribution in [3.8, 4) is 0 Å². The molecule has 0 amide bonds. The van der Waals surface area contributed by atoms with E-state index in [4.69, 9.17) is 0 Å². The summed E-state index contributed by atoms with van der Waals surface area (Å²) in [4.78, 5) is 7.87. The van der Waals surface area contributed by atoms with Gasteiger partial charge in [-0.3, -0.25) is 0 Å². The van der Waals surface area contributed by atoms with Gasteiger partial charge in [-0.1, -0.05) is 19.1 Å². The molecule has 0 radical (unpaired) electrons. The van der Waals surface area contributed by atoms with Crippen molar-refractivity contribution in [1.82, 2.24) is 9.97 Å². The van der Waals surface area contributed by atoms with Crippen molar-refractivity contribution in [3.05, 3.63) is 52.2 Å². The zero-order valence-electron chi connectivity index (χ0n) is 12.6. The van der Waals surface area contributed by atoms with Crippen LogP contribution < -0.4 is 5.32 Å². The molecular weight excluding hydrogens is 269 g/mol. The molecule has 1 heterocycles. The van der Waals surface area contributed by atoms with Gasteiger partial charge in [0.2, 0.25) is 0 Å². The monoisotopic (exact) mass is 289 g/mol. The molecule has 0 aliphatic carbocycles. The highest BCUT2D eigenvalue weighted by molar-refractivity contribution is 5.43. The van der Waals surface area contributed by atoms with Crippen LogP contribution >= 0.6 is 0 Å². The van der Waals surface area contributed by atoms with Crippen molar-refractivity contribution in [2.45, 2.75) is 40.3 Å². The molecule has 0 bridgehead atoms. The Hall–Kier alpha value is -2.01. The lowest BCUT2D eigenvalue weighted by molar-refractivity contribution is 0.281. The van der Waals surface area contributed by atoms with Crippen LogP contribution in [0.15, 0.2) is 18.5 Å². The standard InChI is InChI=1S/C16H20FN3O/c1-4-14-15(17)16(20-9-19-14)18-7-13-10(2)5-12(8-21)6-11(13)3/h5-6,9,21H,4,7-8H2,1-3H3,(H,18,19,20). The summed E-state index contributed by atoms with van der Waals surface area (Å²) >= 11 is 0. The van der Waals surface area contributed by atoms with Gasteiger partial charge in [-0.25, -0.2) is 14.4 Å². The van der Waals surface area contributed by atoms with Gasteiger partial charge in [0, 0.05) is 6.54 Å². The van der Waals surface area contributed by atoms with Crippen LogP contribution in [0.2, 0.25) is 0 Å². The summed E-state index contributed by atoms with van der Waals surface area (Å²) in [5.74, 6) is -0.158. The third kappa shape index (κ3) is 3.36. The minimum Gasteiger partial charge on any atom is -0.392 e. The molecule has 0 spiro atoms. The predicted octanol–water partition coefficient (Wildman–Crippen LogP) is 2.90. The molecule has 1 aromatic heterocycles. The van der Waals surface area contributed by atoms with E-state index in [9.17, 15) is 9.50 Å². The maximum Gasteiger partial charge on any atom is 0.186 e. The molecule has 0 aliphatic rings. The lowest BCUT2D eigenvalue weighted by Crippen LogP contribution is -2.09. The van der Waals surface area contributed by atoms with E-state index in [0.717, 1.165) is 22.3 Å². The maximum absolute atomic E-state index is 14.1. The largest absolute Gasteiger partial charge is 0.392 e. The Morgan fingerprint density at radius 2 is 1.86 bits per heavy atom. The first-order valence-corrected chi connectivity index (χ1v) is 6.99. The molecule has 2 aromatic rings. The molecular formula is C16H20FN3O. The second-order valence-corrected chi connectivity index (χ2v) is 5.06. The average Bonchev–Trinajstić information content (AvgIpc) is 2.47. The molecule has 5 heteroatoms. The topological polar surface area (TPSA) is 58.0 Å². The summed E-state index contributed by atoms with van der Waals surface area (Å²) in [6.07, 6.45) is 1.91. The fourth-order valence-corrected chi connectivity index (χ4v) is 2.40. The van der Waals surface area contributed by atoms with E-state index in [1.807, 2.05) is 32.9 Å². The molecule has 0 aliphatic heterocycles. The number of aliphatic hydroxyl groups is 1. The van der Waals surface area contributed by atoms with Gasteiger partial charge in [0.25, 0.3) is 0 Å². The lowest BCUT2D eigenvalue weighted by atomic mass is 9.99. The van der Waals surface area contributed by atoms with Gasteiger partial charge in [-0.05, 0) is 42.5 Å². The number of hydrogen-bond donors (Lipinski definition) is 2. The number of hydrogen-bond acceptors (Lipinski definition) is 4. The predicted molar refractivity (Wildman–Crippen MR) is 80.5 cm³/mol. The van der Waals surface area contributed by atoms with Crippen LogP contribution in [0.5, 0.6) is 0 Å². The van der Waals surface area contributed by atoms with Crippen LogP contribution in [-0.4, -0.2) is 15.1 Å². The first-order chi connectivity index (χ1) is 10.1. The molecule has 0 saturated carbocycles. The summed E-state index contributed by atoms with van der Waals surface area (Å²) in [5.41, 5.74) is 4.52. The molecule has 2 N–H and O–H groups in total. The van der Waals surface area contributed by atoms with Crippen molar-refractivity contribution in [1.29, 1.82) is 0 Å². The van der Waals surface area contributed by atoms with E-state index in [1.54, 1.807) is 0 Å². The number of aliphatic hydroxyl groups excluding tert-OH is 1. The van der Waals surface area contributed by atoms with Crippen molar-refractivity contribution in [2.24, 2.45) is 0 Å². The Balaban J connectivity index is 2.21. The van der Waals surface area contributed by atoms with Crippen LogP contribution in [0, 0.1) is 19.7 Å². The highest BCUT2D eigenvalue weighted by atomic mass is 19.1. The van der Waals surface area contributed by atoms with Crippen LogP contribution in [0.3, 0.4) is 0 Å². The number of benzene rings is 1. The summed E-state index contributed by atoms with van der Waals surface area (Å²) < 4.78 is 14.1. The number of aromatic nitrogens is 2. The highest BCUT2D eigenvalue weighted by Gasteiger charge is 2.11. The first-order valence-electron chi connectivity index (χ1n) is 6.99. The Kier molecular flexibility index (Phi) is 4.85. The molecule has 112 valence electrons. The number of halogens is 1. The number of nitrogens with zero attached hydrogens (tertiary/aromatic N) is 2. The highest BCUT2D eigenvalue weighted by Crippen LogP contribution is 2.20. The molecule has 4 nitrogen and oxygen atoms in total. The minimum atomic E-state index is -0.387. The van der Waals surface area contributed by atoms with Crippen molar-refractivity contribution < 1.29 is 9.50 Å². The number of anilines is 1. The lowest BCUT2D eigenvalue weighted by Gasteiger charge is -2.14. The number of aryl methyl sites for hydroxylation is 3. The zero-order valence-corrected chi connectivity index (χ0v) is 12.6. The van der Waals surface area contributed by atoms with Gasteiger partial charge in [-0.15, -0.1) is 0 Å². The molecule has 0 fully saturated rings. The fourth-order valence-electron chi connectivity index (χ4n) is 2.40. The van der Waals surface area contributed by atoms with Gasteiger partial charge in [0.1, 0.15) is 6.33 Å². The first kappa shape index (κ1) is 15.4. The van der Waals surface area contributed by atoms with Gasteiger partial charge >= 0.3 is 0 Å². The SMILES string of the molecule is CCc1ncnc(NCc2c(C)cc(CO)cc2C)c1F. The summed E-state index contributed by atoms with van der Waals surface area (Å²) in [6.45, 7) is 6.33. The van der Waals surface area contributed by atoms with Crippen molar-refractivity contribution >= 4 is 5.82 Å². The third-order valence-corrected chi connectivity index (χ3v) is 3.57. The van der Waals surface area contributed by atoms with Crippen molar-refractivity contribution in [2.75, 3.05) is 5.32 Å². The van der Waals surface area contributed by atoms with E-state index >= 15 is 0 Å². The number of nitrogens with one attached hydrogen (secondary N) is 1. The van der Waals surface area contributed by atoms with Crippen LogP contribution in [0.4, 0.5) is 10.2 Å². The molecule has 0 unspecified atom stereocenters. The Morgan fingerprint density at radius 3 is 2.43 bits per heavy atom. The Bertz CT molecular complexity index is 620. The van der Waals surface area contributed by atoms with E-state index in [1.165, 1.54) is 6.33 Å². The molecule has 0 saturated heterocycles. The van der Waals surface area contributed by atoms with Gasteiger partial charge in [-0.2, -0.15) is 0 Å². The van der Waals surface area contributed by atoms with Crippen LogP contribution in [0.1, 0.15) is 34.9 Å². The zero-order chi connectivity index (χ0) is 15.4.